The number of carbonyl (C=O) groups excluding carboxylic acids is 1. The predicted molar refractivity (Wildman–Crippen MR) is 75.9 cm³/mol. The van der Waals surface area contributed by atoms with Crippen molar-refractivity contribution in [3.63, 3.8) is 0 Å². The number of nitrogens with two attached hydrogens (primary N) is 1. The van der Waals surface area contributed by atoms with Crippen LogP contribution in [-0.4, -0.2) is 47.4 Å². The van der Waals surface area contributed by atoms with Crippen LogP contribution in [0.2, 0.25) is 0 Å². The highest BCUT2D eigenvalue weighted by Gasteiger charge is 2.34. The molecule has 5 heteroatoms. The van der Waals surface area contributed by atoms with Crippen LogP contribution >= 0.6 is 0 Å². The van der Waals surface area contributed by atoms with E-state index in [1.807, 2.05) is 13.8 Å². The van der Waals surface area contributed by atoms with E-state index in [4.69, 9.17) is 5.73 Å². The van der Waals surface area contributed by atoms with Crippen molar-refractivity contribution >= 4 is 11.5 Å². The molecule has 0 atom stereocenters. The molecule has 0 unspecified atom stereocenters. The Hall–Kier alpha value is -1.46. The lowest BCUT2D eigenvalue weighted by atomic mass is 9.91. The number of nitrogens with one attached hydrogen (secondary N) is 1. The van der Waals surface area contributed by atoms with Gasteiger partial charge in [-0.15, -0.1) is 0 Å². The molecule has 1 aromatic heterocycles. The summed E-state index contributed by atoms with van der Waals surface area (Å²) in [5.74, 6) is 0.189. The van der Waals surface area contributed by atoms with E-state index >= 15 is 0 Å². The molecule has 2 heterocycles. The Balaban J connectivity index is 2.08. The Morgan fingerprint density at radius 1 is 1.47 bits per heavy atom. The summed E-state index contributed by atoms with van der Waals surface area (Å²) in [6, 6.07) is 1.74. The van der Waals surface area contributed by atoms with Gasteiger partial charge in [0.1, 0.15) is 0 Å². The molecular weight excluding hydrogens is 240 g/mol. The van der Waals surface area contributed by atoms with Gasteiger partial charge in [-0.1, -0.05) is 0 Å². The molecule has 0 bridgehead atoms. The lowest BCUT2D eigenvalue weighted by Gasteiger charge is -2.40. The number of nitrogen functional groups attached to an aromatic ring is 1. The number of pyridine rings is 1. The molecule has 104 valence electrons. The Morgan fingerprint density at radius 2 is 2.16 bits per heavy atom. The molecular formula is C14H22N4O. The number of rotatable bonds is 4. The molecule has 1 saturated heterocycles. The van der Waals surface area contributed by atoms with Crippen LogP contribution in [0.15, 0.2) is 18.5 Å². The van der Waals surface area contributed by atoms with Gasteiger partial charge in [-0.05, 0) is 19.9 Å². The normalized spacial score (nSPS) is 17.4. The molecule has 0 saturated carbocycles. The van der Waals surface area contributed by atoms with E-state index in [1.54, 1.807) is 18.5 Å². The molecule has 2 rings (SSSR count). The number of piperazine rings is 1. The average molecular weight is 262 g/mol. The third-order valence-electron chi connectivity index (χ3n) is 3.88. The van der Waals surface area contributed by atoms with Gasteiger partial charge in [0.05, 0.1) is 5.54 Å². The van der Waals surface area contributed by atoms with Gasteiger partial charge in [0.25, 0.3) is 0 Å². The van der Waals surface area contributed by atoms with Crippen LogP contribution in [-0.2, 0) is 11.2 Å². The quantitative estimate of drug-likeness (QED) is 0.825. The summed E-state index contributed by atoms with van der Waals surface area (Å²) in [4.78, 5) is 18.8. The maximum absolute atomic E-state index is 12.5. The smallest absolute Gasteiger partial charge is 0.157 e. The average Bonchev–Trinajstić information content (AvgIpc) is 2.42. The van der Waals surface area contributed by atoms with Crippen molar-refractivity contribution in [2.45, 2.75) is 25.8 Å². The second-order valence-corrected chi connectivity index (χ2v) is 5.47. The Labute approximate surface area is 114 Å². The number of hydrogen-bond acceptors (Lipinski definition) is 5. The summed E-state index contributed by atoms with van der Waals surface area (Å²) in [5, 5.41) is 3.30. The second kappa shape index (κ2) is 5.67. The molecule has 5 nitrogen and oxygen atoms in total. The largest absolute Gasteiger partial charge is 0.398 e. The summed E-state index contributed by atoms with van der Waals surface area (Å²) in [6.45, 7) is 7.67. The third kappa shape index (κ3) is 3.11. The third-order valence-corrected chi connectivity index (χ3v) is 3.88. The van der Waals surface area contributed by atoms with Crippen LogP contribution in [0.25, 0.3) is 0 Å². The van der Waals surface area contributed by atoms with Gasteiger partial charge in [-0.3, -0.25) is 14.7 Å². The van der Waals surface area contributed by atoms with Gasteiger partial charge >= 0.3 is 0 Å². The van der Waals surface area contributed by atoms with Gasteiger partial charge in [0.15, 0.2) is 5.78 Å². The first-order valence-electron chi connectivity index (χ1n) is 6.69. The number of carbonyl (C=O) groups is 1. The van der Waals surface area contributed by atoms with Crippen LogP contribution in [0.4, 0.5) is 5.69 Å². The van der Waals surface area contributed by atoms with Crippen LogP contribution in [0, 0.1) is 0 Å². The molecule has 1 aromatic rings. The fourth-order valence-electron chi connectivity index (χ4n) is 2.38. The number of ketones is 1. The van der Waals surface area contributed by atoms with E-state index in [2.05, 4.69) is 15.2 Å². The number of hydrogen-bond donors (Lipinski definition) is 2. The minimum atomic E-state index is -0.454. The summed E-state index contributed by atoms with van der Waals surface area (Å²) < 4.78 is 0. The summed E-state index contributed by atoms with van der Waals surface area (Å²) in [6.07, 6.45) is 3.67. The maximum atomic E-state index is 12.5. The zero-order valence-corrected chi connectivity index (χ0v) is 11.6. The zero-order valence-electron chi connectivity index (χ0n) is 11.6. The molecule has 1 fully saturated rings. The molecule has 19 heavy (non-hydrogen) atoms. The topological polar surface area (TPSA) is 71.2 Å². The van der Waals surface area contributed by atoms with E-state index in [0.29, 0.717) is 12.1 Å². The Bertz CT molecular complexity index is 453. The first-order chi connectivity index (χ1) is 9.01. The highest BCUT2D eigenvalue weighted by Crippen LogP contribution is 2.20. The number of anilines is 1. The maximum Gasteiger partial charge on any atom is 0.157 e. The molecule has 0 spiro atoms. The lowest BCUT2D eigenvalue weighted by molar-refractivity contribution is -0.129. The standard InChI is InChI=1S/C14H22N4O/c1-14(2,18-7-5-16-6-8-18)13(19)9-11-10-17-4-3-12(11)15/h3-4,10,16H,5-9H2,1-2H3,(H2,15,17). The number of Topliss-reactive ketones (excluding diaryl/α,β-unsaturated/α-hetero) is 1. The van der Waals surface area contributed by atoms with Gasteiger partial charge in [0, 0.05) is 56.2 Å². The van der Waals surface area contributed by atoms with Crippen molar-refractivity contribution in [2.24, 2.45) is 0 Å². The molecule has 0 radical (unpaired) electrons. The molecule has 1 aliphatic heterocycles. The van der Waals surface area contributed by atoms with Crippen molar-refractivity contribution in [1.82, 2.24) is 15.2 Å². The SMILES string of the molecule is CC(C)(C(=O)Cc1cnccc1N)N1CCNCC1. The number of aromatic nitrogens is 1. The Kier molecular flexibility index (Phi) is 4.17. The van der Waals surface area contributed by atoms with Gasteiger partial charge in [0.2, 0.25) is 0 Å². The van der Waals surface area contributed by atoms with E-state index in [1.165, 1.54) is 0 Å². The van der Waals surface area contributed by atoms with Crippen LogP contribution in [0.3, 0.4) is 0 Å². The minimum absolute atomic E-state index is 0.189. The monoisotopic (exact) mass is 262 g/mol. The van der Waals surface area contributed by atoms with Crippen LogP contribution < -0.4 is 11.1 Å². The second-order valence-electron chi connectivity index (χ2n) is 5.47. The minimum Gasteiger partial charge on any atom is -0.398 e. The van der Waals surface area contributed by atoms with Crippen LogP contribution in [0.1, 0.15) is 19.4 Å². The fraction of sp³-hybridized carbons (Fsp3) is 0.571. The predicted octanol–water partition coefficient (Wildman–Crippen LogP) is 0.459. The molecule has 0 aliphatic carbocycles. The van der Waals surface area contributed by atoms with E-state index in [0.717, 1.165) is 31.7 Å². The molecule has 0 amide bonds. The van der Waals surface area contributed by atoms with Gasteiger partial charge in [-0.25, -0.2) is 0 Å². The molecule has 1 aliphatic rings. The van der Waals surface area contributed by atoms with Crippen LogP contribution in [0.5, 0.6) is 0 Å². The van der Waals surface area contributed by atoms with Crippen molar-refractivity contribution < 1.29 is 4.79 Å². The number of nitrogens with zero attached hydrogens (tertiary/aromatic N) is 2. The van der Waals surface area contributed by atoms with Crippen molar-refractivity contribution in [3.8, 4) is 0 Å². The Morgan fingerprint density at radius 3 is 2.79 bits per heavy atom. The zero-order chi connectivity index (χ0) is 13.9. The molecule has 0 aromatic carbocycles. The van der Waals surface area contributed by atoms with Gasteiger partial charge < -0.3 is 11.1 Å². The van der Waals surface area contributed by atoms with E-state index in [-0.39, 0.29) is 5.78 Å². The van der Waals surface area contributed by atoms with E-state index in [9.17, 15) is 4.79 Å². The van der Waals surface area contributed by atoms with Crippen molar-refractivity contribution in [2.75, 3.05) is 31.9 Å². The first-order valence-corrected chi connectivity index (χ1v) is 6.69. The highest BCUT2D eigenvalue weighted by atomic mass is 16.1. The lowest BCUT2D eigenvalue weighted by Crippen LogP contribution is -2.57. The summed E-state index contributed by atoms with van der Waals surface area (Å²) >= 11 is 0. The van der Waals surface area contributed by atoms with E-state index < -0.39 is 5.54 Å². The fourth-order valence-corrected chi connectivity index (χ4v) is 2.38. The van der Waals surface area contributed by atoms with Crippen molar-refractivity contribution in [3.05, 3.63) is 24.0 Å². The highest BCUT2D eigenvalue weighted by molar-refractivity contribution is 5.90. The first kappa shape index (κ1) is 14.0. The van der Waals surface area contributed by atoms with Gasteiger partial charge in [-0.2, -0.15) is 0 Å². The summed E-state index contributed by atoms with van der Waals surface area (Å²) in [5.41, 5.74) is 6.87. The molecule has 3 N–H and O–H groups in total. The summed E-state index contributed by atoms with van der Waals surface area (Å²) in [7, 11) is 0. The van der Waals surface area contributed by atoms with Crippen molar-refractivity contribution in [1.29, 1.82) is 0 Å².